The molecule has 0 unspecified atom stereocenters. The van der Waals surface area contributed by atoms with Crippen LogP contribution in [-0.2, 0) is 21.2 Å². The molecule has 1 aromatic heterocycles. The van der Waals surface area contributed by atoms with Crippen LogP contribution in [0.2, 0.25) is 0 Å². The number of aliphatic carboxylic acids is 1. The lowest BCUT2D eigenvalue weighted by Gasteiger charge is -2.18. The summed E-state index contributed by atoms with van der Waals surface area (Å²) in [5, 5.41) is 13.2. The summed E-state index contributed by atoms with van der Waals surface area (Å²) in [4.78, 5) is 15.6. The summed E-state index contributed by atoms with van der Waals surface area (Å²) in [6, 6.07) is 12.4. The first kappa shape index (κ1) is 21.7. The Hall–Kier alpha value is -3.04. The molecule has 0 saturated carbocycles. The number of hydrogen-bond donors (Lipinski definition) is 2. The number of aromatic nitrogens is 2. The largest absolute Gasteiger partial charge is 0.480 e. The van der Waals surface area contributed by atoms with Gasteiger partial charge in [-0.15, -0.1) is 0 Å². The van der Waals surface area contributed by atoms with Gasteiger partial charge >= 0.3 is 5.97 Å². The molecule has 3 aromatic rings. The van der Waals surface area contributed by atoms with Gasteiger partial charge in [-0.1, -0.05) is 38.1 Å². The van der Waals surface area contributed by atoms with E-state index in [0.717, 1.165) is 12.0 Å². The number of sulfonamides is 1. The van der Waals surface area contributed by atoms with Crippen molar-refractivity contribution in [2.45, 2.75) is 38.1 Å². The van der Waals surface area contributed by atoms with E-state index in [0.29, 0.717) is 17.3 Å². The smallest absolute Gasteiger partial charge is 0.322 e. The predicted octanol–water partition coefficient (Wildman–Crippen LogP) is 3.35. The SMILES string of the molecule is CCc1ccc(-c2nc(-c3ccc(S(=O)(=O)N[C@@H](C(=O)O)C(C)C)cc3)no2)cc1. The molecule has 1 atom stereocenters. The second-order valence-corrected chi connectivity index (χ2v) is 8.89. The zero-order valence-corrected chi connectivity index (χ0v) is 17.7. The summed E-state index contributed by atoms with van der Waals surface area (Å²) < 4.78 is 32.6. The van der Waals surface area contributed by atoms with Crippen molar-refractivity contribution in [1.29, 1.82) is 0 Å². The lowest BCUT2D eigenvalue weighted by molar-refractivity contribution is -0.140. The van der Waals surface area contributed by atoms with Crippen molar-refractivity contribution in [1.82, 2.24) is 14.9 Å². The first-order valence-corrected chi connectivity index (χ1v) is 11.0. The molecule has 30 heavy (non-hydrogen) atoms. The molecule has 3 rings (SSSR count). The van der Waals surface area contributed by atoms with Gasteiger partial charge in [0.2, 0.25) is 15.8 Å². The van der Waals surface area contributed by atoms with Crippen LogP contribution < -0.4 is 4.72 Å². The van der Waals surface area contributed by atoms with E-state index >= 15 is 0 Å². The molecule has 0 amide bonds. The van der Waals surface area contributed by atoms with Crippen molar-refractivity contribution in [3.05, 3.63) is 54.1 Å². The number of nitrogens with one attached hydrogen (secondary N) is 1. The first-order chi connectivity index (χ1) is 14.2. The molecule has 0 radical (unpaired) electrons. The number of carbonyl (C=O) groups is 1. The van der Waals surface area contributed by atoms with Gasteiger partial charge in [-0.2, -0.15) is 9.71 Å². The first-order valence-electron chi connectivity index (χ1n) is 9.50. The highest BCUT2D eigenvalue weighted by Gasteiger charge is 2.28. The van der Waals surface area contributed by atoms with Gasteiger partial charge in [0.05, 0.1) is 4.90 Å². The molecule has 0 aliphatic heterocycles. The average molecular weight is 429 g/mol. The molecule has 2 aromatic carbocycles. The molecule has 0 bridgehead atoms. The van der Waals surface area contributed by atoms with Gasteiger partial charge in [0.1, 0.15) is 6.04 Å². The van der Waals surface area contributed by atoms with Gasteiger partial charge in [-0.3, -0.25) is 4.79 Å². The maximum absolute atomic E-state index is 12.5. The fraction of sp³-hybridized carbons (Fsp3) is 0.286. The Morgan fingerprint density at radius 3 is 2.20 bits per heavy atom. The number of benzene rings is 2. The third kappa shape index (κ3) is 4.74. The summed E-state index contributed by atoms with van der Waals surface area (Å²) in [6.45, 7) is 5.34. The van der Waals surface area contributed by atoms with E-state index in [2.05, 4.69) is 21.8 Å². The van der Waals surface area contributed by atoms with Gasteiger partial charge in [0.25, 0.3) is 5.89 Å². The van der Waals surface area contributed by atoms with E-state index in [-0.39, 0.29) is 4.90 Å². The molecule has 0 aliphatic carbocycles. The second kappa shape index (κ2) is 8.76. The Bertz CT molecular complexity index is 1120. The van der Waals surface area contributed by atoms with Gasteiger partial charge in [-0.05, 0) is 54.3 Å². The quantitative estimate of drug-likeness (QED) is 0.563. The number of nitrogens with zero attached hydrogens (tertiary/aromatic N) is 2. The van der Waals surface area contributed by atoms with Crippen LogP contribution in [0.1, 0.15) is 26.3 Å². The van der Waals surface area contributed by atoms with Crippen LogP contribution in [0.5, 0.6) is 0 Å². The van der Waals surface area contributed by atoms with Crippen LogP contribution in [0, 0.1) is 5.92 Å². The van der Waals surface area contributed by atoms with Crippen LogP contribution in [0.4, 0.5) is 0 Å². The third-order valence-electron chi connectivity index (χ3n) is 4.67. The zero-order chi connectivity index (χ0) is 21.9. The topological polar surface area (TPSA) is 122 Å². The second-order valence-electron chi connectivity index (χ2n) is 7.18. The molecule has 2 N–H and O–H groups in total. The molecule has 158 valence electrons. The molecule has 9 heteroatoms. The van der Waals surface area contributed by atoms with Crippen LogP contribution in [0.15, 0.2) is 57.9 Å². The highest BCUT2D eigenvalue weighted by atomic mass is 32.2. The summed E-state index contributed by atoms with van der Waals surface area (Å²) in [5.41, 5.74) is 2.57. The van der Waals surface area contributed by atoms with E-state index < -0.39 is 28.0 Å². The molecule has 1 heterocycles. The van der Waals surface area contributed by atoms with Crippen molar-refractivity contribution in [2.75, 3.05) is 0 Å². The van der Waals surface area contributed by atoms with Crippen LogP contribution in [0.3, 0.4) is 0 Å². The van der Waals surface area contributed by atoms with E-state index in [4.69, 9.17) is 4.52 Å². The number of rotatable bonds is 8. The summed E-state index contributed by atoms with van der Waals surface area (Å²) in [6.07, 6.45) is 0.934. The minimum Gasteiger partial charge on any atom is -0.480 e. The summed E-state index contributed by atoms with van der Waals surface area (Å²) in [5.74, 6) is -0.934. The zero-order valence-electron chi connectivity index (χ0n) is 16.9. The predicted molar refractivity (Wildman–Crippen MR) is 111 cm³/mol. The van der Waals surface area contributed by atoms with E-state index in [1.165, 1.54) is 17.7 Å². The molecule has 0 spiro atoms. The molecule has 8 nitrogen and oxygen atoms in total. The minimum atomic E-state index is -3.99. The number of hydrogen-bond acceptors (Lipinski definition) is 6. The lowest BCUT2D eigenvalue weighted by Crippen LogP contribution is -2.44. The summed E-state index contributed by atoms with van der Waals surface area (Å²) in [7, 11) is -3.99. The fourth-order valence-corrected chi connectivity index (χ4v) is 4.17. The van der Waals surface area contributed by atoms with Gasteiger partial charge < -0.3 is 9.63 Å². The Labute approximate surface area is 175 Å². The Kier molecular flexibility index (Phi) is 6.33. The maximum Gasteiger partial charge on any atom is 0.322 e. The van der Waals surface area contributed by atoms with E-state index in [9.17, 15) is 18.3 Å². The van der Waals surface area contributed by atoms with Crippen molar-refractivity contribution < 1.29 is 22.8 Å². The average Bonchev–Trinajstić information content (AvgIpc) is 3.22. The highest BCUT2D eigenvalue weighted by Crippen LogP contribution is 2.24. The van der Waals surface area contributed by atoms with Crippen molar-refractivity contribution in [3.63, 3.8) is 0 Å². The third-order valence-corrected chi connectivity index (χ3v) is 6.13. The Morgan fingerprint density at radius 2 is 1.67 bits per heavy atom. The molecular weight excluding hydrogens is 406 g/mol. The Balaban J connectivity index is 1.80. The van der Waals surface area contributed by atoms with Gasteiger partial charge in [0.15, 0.2) is 0 Å². The van der Waals surface area contributed by atoms with Gasteiger partial charge in [0, 0.05) is 11.1 Å². The normalized spacial score (nSPS) is 12.8. The molecular formula is C21H23N3O5S. The lowest BCUT2D eigenvalue weighted by atomic mass is 10.1. The molecule has 0 saturated heterocycles. The van der Waals surface area contributed by atoms with Crippen molar-refractivity contribution in [3.8, 4) is 22.8 Å². The number of carboxylic acid groups (broad SMARTS) is 1. The van der Waals surface area contributed by atoms with Crippen LogP contribution >= 0.6 is 0 Å². The number of carboxylic acids is 1. The standard InChI is InChI=1S/C21H23N3O5S/c1-4-14-5-7-16(8-6-14)20-22-19(23-29-20)15-9-11-17(12-10-15)30(27,28)24-18(13(2)3)21(25)26/h5-13,18,24H,4H2,1-3H3,(H,25,26)/t18-/m1/s1. The monoisotopic (exact) mass is 429 g/mol. The van der Waals surface area contributed by atoms with Crippen LogP contribution in [-0.4, -0.2) is 35.7 Å². The maximum atomic E-state index is 12.5. The fourth-order valence-electron chi connectivity index (χ4n) is 2.83. The number of aryl methyl sites for hydroxylation is 1. The van der Waals surface area contributed by atoms with Crippen LogP contribution in [0.25, 0.3) is 22.8 Å². The summed E-state index contributed by atoms with van der Waals surface area (Å²) >= 11 is 0. The van der Waals surface area contributed by atoms with Crippen molar-refractivity contribution >= 4 is 16.0 Å². The minimum absolute atomic E-state index is 0.0444. The van der Waals surface area contributed by atoms with Gasteiger partial charge in [-0.25, -0.2) is 8.42 Å². The van der Waals surface area contributed by atoms with E-state index in [1.54, 1.807) is 26.0 Å². The molecule has 0 aliphatic rings. The molecule has 0 fully saturated rings. The highest BCUT2D eigenvalue weighted by molar-refractivity contribution is 7.89. The van der Waals surface area contributed by atoms with Crippen molar-refractivity contribution in [2.24, 2.45) is 5.92 Å². The Morgan fingerprint density at radius 1 is 1.07 bits per heavy atom. The van der Waals surface area contributed by atoms with E-state index in [1.807, 2.05) is 24.3 Å².